The van der Waals surface area contributed by atoms with Crippen LogP contribution in [0, 0.1) is 12.8 Å². The number of fused-ring (bicyclic) bond motifs is 3. The van der Waals surface area contributed by atoms with E-state index < -0.39 is 0 Å². The van der Waals surface area contributed by atoms with E-state index >= 15 is 0 Å². The number of hydrogen-bond donors (Lipinski definition) is 1. The van der Waals surface area contributed by atoms with Crippen LogP contribution in [0.4, 0.5) is 11.5 Å². The molecule has 88 valence electrons. The van der Waals surface area contributed by atoms with Gasteiger partial charge in [-0.1, -0.05) is 6.92 Å². The molecule has 1 aromatic heterocycles. The molecule has 16 heavy (non-hydrogen) atoms. The molecule has 0 radical (unpaired) electrons. The van der Waals surface area contributed by atoms with E-state index in [9.17, 15) is 0 Å². The number of rotatable bonds is 1. The molecular weight excluding hydrogens is 200 g/mol. The summed E-state index contributed by atoms with van der Waals surface area (Å²) in [5.74, 6) is 2.11. The number of hydrogen-bond acceptors (Lipinski definition) is 3. The first kappa shape index (κ1) is 10.00. The summed E-state index contributed by atoms with van der Waals surface area (Å²) in [4.78, 5) is 2.56. The molecule has 0 aliphatic carbocycles. The van der Waals surface area contributed by atoms with E-state index in [1.807, 2.05) is 0 Å². The molecule has 3 rings (SSSR count). The zero-order valence-electron chi connectivity index (χ0n) is 10.3. The van der Waals surface area contributed by atoms with E-state index in [-0.39, 0.29) is 0 Å². The Morgan fingerprint density at radius 1 is 1.50 bits per heavy atom. The van der Waals surface area contributed by atoms with Gasteiger partial charge in [-0.3, -0.25) is 0 Å². The van der Waals surface area contributed by atoms with Gasteiger partial charge in [-0.25, -0.2) is 4.68 Å². The normalized spacial score (nSPS) is 27.6. The van der Waals surface area contributed by atoms with Gasteiger partial charge in [-0.15, -0.1) is 0 Å². The highest BCUT2D eigenvalue weighted by Gasteiger charge is 2.38. The Morgan fingerprint density at radius 2 is 2.31 bits per heavy atom. The van der Waals surface area contributed by atoms with Crippen LogP contribution < -0.4 is 10.2 Å². The molecule has 4 heteroatoms. The first-order chi connectivity index (χ1) is 7.72. The largest absolute Gasteiger partial charge is 0.378 e. The van der Waals surface area contributed by atoms with Gasteiger partial charge >= 0.3 is 0 Å². The van der Waals surface area contributed by atoms with Gasteiger partial charge < -0.3 is 10.2 Å². The van der Waals surface area contributed by atoms with Crippen molar-refractivity contribution in [2.75, 3.05) is 23.3 Å². The zero-order valence-corrected chi connectivity index (χ0v) is 10.3. The molecule has 1 N–H and O–H groups in total. The van der Waals surface area contributed by atoms with Crippen molar-refractivity contribution in [2.24, 2.45) is 5.92 Å². The Balaban J connectivity index is 2.08. The Kier molecular flexibility index (Phi) is 2.13. The average Bonchev–Trinajstić information content (AvgIpc) is 2.81. The lowest BCUT2D eigenvalue weighted by atomic mass is 10.0. The molecular formula is C12H20N4. The van der Waals surface area contributed by atoms with Crippen LogP contribution in [0.5, 0.6) is 0 Å². The lowest BCUT2D eigenvalue weighted by molar-refractivity contribution is 0.514. The molecule has 0 aromatic carbocycles. The van der Waals surface area contributed by atoms with E-state index in [1.165, 1.54) is 24.5 Å². The Hall–Kier alpha value is -1.19. The van der Waals surface area contributed by atoms with Crippen molar-refractivity contribution in [3.05, 3.63) is 5.69 Å². The molecule has 3 heterocycles. The second-order valence-corrected chi connectivity index (χ2v) is 5.01. The van der Waals surface area contributed by atoms with Crippen molar-refractivity contribution >= 4 is 11.5 Å². The van der Waals surface area contributed by atoms with Crippen LogP contribution in [0.2, 0.25) is 0 Å². The first-order valence-electron chi connectivity index (χ1n) is 6.30. The van der Waals surface area contributed by atoms with Crippen molar-refractivity contribution in [2.45, 2.75) is 39.8 Å². The quantitative estimate of drug-likeness (QED) is 0.784. The third-order valence-corrected chi connectivity index (χ3v) is 4.04. The van der Waals surface area contributed by atoms with Gasteiger partial charge in [0.15, 0.2) is 5.82 Å². The number of aromatic nitrogens is 2. The minimum Gasteiger partial charge on any atom is -0.378 e. The van der Waals surface area contributed by atoms with Crippen LogP contribution in [0.3, 0.4) is 0 Å². The fourth-order valence-electron chi connectivity index (χ4n) is 3.08. The maximum atomic E-state index is 4.61. The third kappa shape index (κ3) is 1.19. The number of nitrogens with zero attached hydrogens (tertiary/aromatic N) is 3. The summed E-state index contributed by atoms with van der Waals surface area (Å²) in [6.45, 7) is 9.83. The molecule has 0 bridgehead atoms. The second kappa shape index (κ2) is 3.40. The van der Waals surface area contributed by atoms with Crippen LogP contribution >= 0.6 is 0 Å². The highest BCUT2D eigenvalue weighted by Crippen LogP contribution is 2.39. The summed E-state index contributed by atoms with van der Waals surface area (Å²) in [5, 5.41) is 8.17. The lowest BCUT2D eigenvalue weighted by Crippen LogP contribution is -2.42. The van der Waals surface area contributed by atoms with Crippen molar-refractivity contribution < 1.29 is 0 Å². The Morgan fingerprint density at radius 3 is 3.06 bits per heavy atom. The molecule has 1 saturated heterocycles. The van der Waals surface area contributed by atoms with Crippen molar-refractivity contribution in [1.82, 2.24) is 9.78 Å². The first-order valence-corrected chi connectivity index (χ1v) is 6.30. The van der Waals surface area contributed by atoms with Gasteiger partial charge in [0.1, 0.15) is 5.69 Å². The molecule has 2 aliphatic heterocycles. The summed E-state index contributed by atoms with van der Waals surface area (Å²) >= 11 is 0. The Labute approximate surface area is 96.6 Å². The predicted octanol–water partition coefficient (Wildman–Crippen LogP) is 1.85. The topological polar surface area (TPSA) is 33.1 Å². The molecule has 1 fully saturated rings. The lowest BCUT2D eigenvalue weighted by Gasteiger charge is -2.34. The highest BCUT2D eigenvalue weighted by atomic mass is 15.4. The van der Waals surface area contributed by atoms with E-state index in [4.69, 9.17) is 0 Å². The van der Waals surface area contributed by atoms with Crippen LogP contribution in [0.15, 0.2) is 0 Å². The van der Waals surface area contributed by atoms with Gasteiger partial charge in [0.05, 0.1) is 11.7 Å². The average molecular weight is 220 g/mol. The maximum absolute atomic E-state index is 4.61. The van der Waals surface area contributed by atoms with E-state index in [0.29, 0.717) is 6.04 Å². The summed E-state index contributed by atoms with van der Waals surface area (Å²) in [5.41, 5.74) is 2.39. The minimum atomic E-state index is 0.661. The van der Waals surface area contributed by atoms with Gasteiger partial charge in [0.25, 0.3) is 0 Å². The van der Waals surface area contributed by atoms with Crippen LogP contribution in [-0.4, -0.2) is 28.9 Å². The van der Waals surface area contributed by atoms with Crippen LogP contribution in [0.25, 0.3) is 0 Å². The van der Waals surface area contributed by atoms with Crippen LogP contribution in [0.1, 0.15) is 26.0 Å². The highest BCUT2D eigenvalue weighted by molar-refractivity contribution is 5.72. The van der Waals surface area contributed by atoms with Crippen molar-refractivity contribution in [1.29, 1.82) is 0 Å². The summed E-state index contributed by atoms with van der Waals surface area (Å²) in [6, 6.07) is 0.661. The fraction of sp³-hybridized carbons (Fsp3) is 0.750. The standard InChI is InChI=1S/C12H20N4/c1-4-16-12-11(9(3)14-16)13-7-10-8(2)5-6-15(10)12/h8,10,13H,4-7H2,1-3H3. The number of aryl methyl sites for hydroxylation is 2. The van der Waals surface area contributed by atoms with Gasteiger partial charge in [0.2, 0.25) is 0 Å². The summed E-state index contributed by atoms with van der Waals surface area (Å²) in [7, 11) is 0. The summed E-state index contributed by atoms with van der Waals surface area (Å²) < 4.78 is 2.14. The monoisotopic (exact) mass is 220 g/mol. The Bertz CT molecular complexity index is 409. The third-order valence-electron chi connectivity index (χ3n) is 4.04. The van der Waals surface area contributed by atoms with Gasteiger partial charge in [-0.2, -0.15) is 5.10 Å². The molecule has 0 saturated carbocycles. The SMILES string of the molecule is CCn1nc(C)c2c1N1CCC(C)C1CN2. The zero-order chi connectivity index (χ0) is 11.3. The van der Waals surface area contributed by atoms with Gasteiger partial charge in [-0.05, 0) is 26.2 Å². The summed E-state index contributed by atoms with van der Waals surface area (Å²) in [6.07, 6.45) is 1.31. The second-order valence-electron chi connectivity index (χ2n) is 5.01. The number of anilines is 2. The maximum Gasteiger partial charge on any atom is 0.151 e. The molecule has 2 unspecified atom stereocenters. The predicted molar refractivity (Wildman–Crippen MR) is 66.0 cm³/mol. The molecule has 2 aliphatic rings. The van der Waals surface area contributed by atoms with Crippen molar-refractivity contribution in [3.8, 4) is 0 Å². The van der Waals surface area contributed by atoms with E-state index in [2.05, 4.69) is 40.8 Å². The van der Waals surface area contributed by atoms with Gasteiger partial charge in [0, 0.05) is 19.6 Å². The minimum absolute atomic E-state index is 0.661. The molecule has 4 nitrogen and oxygen atoms in total. The van der Waals surface area contributed by atoms with E-state index in [0.717, 1.165) is 24.7 Å². The molecule has 0 amide bonds. The van der Waals surface area contributed by atoms with E-state index in [1.54, 1.807) is 0 Å². The smallest absolute Gasteiger partial charge is 0.151 e. The van der Waals surface area contributed by atoms with Crippen LogP contribution in [-0.2, 0) is 6.54 Å². The molecule has 0 spiro atoms. The van der Waals surface area contributed by atoms with Crippen molar-refractivity contribution in [3.63, 3.8) is 0 Å². The fourth-order valence-corrected chi connectivity index (χ4v) is 3.08. The number of nitrogens with one attached hydrogen (secondary N) is 1. The molecule has 1 aromatic rings. The molecule has 2 atom stereocenters.